The number of unbranched alkanes of at least 4 members (excludes halogenated alkanes) is 1. The molecule has 0 spiro atoms. The molecule has 1 unspecified atom stereocenters. The number of hydrogen-bond acceptors (Lipinski definition) is 7. The number of ether oxygens (including phenoxy) is 3. The molecule has 1 N–H and O–H groups in total. The van der Waals surface area contributed by atoms with Crippen molar-refractivity contribution in [2.45, 2.75) is 76.0 Å². The van der Waals surface area contributed by atoms with Gasteiger partial charge < -0.3 is 19.5 Å². The van der Waals surface area contributed by atoms with Crippen molar-refractivity contribution in [2.24, 2.45) is 0 Å². The molecule has 0 aliphatic carbocycles. The average Bonchev–Trinajstić information content (AvgIpc) is 3.41. The summed E-state index contributed by atoms with van der Waals surface area (Å²) >= 11 is 0. The van der Waals surface area contributed by atoms with Crippen molar-refractivity contribution < 1.29 is 23.4 Å². The van der Waals surface area contributed by atoms with Gasteiger partial charge in [-0.2, -0.15) is 0 Å². The van der Waals surface area contributed by atoms with E-state index in [1.165, 1.54) is 31.2 Å². The van der Waals surface area contributed by atoms with Crippen LogP contribution in [-0.4, -0.2) is 61.9 Å². The lowest BCUT2D eigenvalue weighted by Crippen LogP contribution is -2.35. The van der Waals surface area contributed by atoms with Crippen molar-refractivity contribution in [1.82, 2.24) is 9.88 Å². The fraction of sp³-hybridized carbons (Fsp3) is 0.600. The predicted octanol–water partition coefficient (Wildman–Crippen LogP) is 5.15. The number of hydrogen-bond donors (Lipinski definition) is 1. The fourth-order valence-corrected chi connectivity index (χ4v) is 5.94. The number of likely N-dealkylation sites (tertiary alicyclic amines) is 1. The minimum atomic E-state index is -0.673. The Labute approximate surface area is 225 Å². The average molecular weight is 526 g/mol. The Balaban J connectivity index is 1.15. The zero-order valence-electron chi connectivity index (χ0n) is 22.4. The third-order valence-corrected chi connectivity index (χ3v) is 7.97. The van der Waals surface area contributed by atoms with Crippen molar-refractivity contribution >= 4 is 11.8 Å². The number of carbonyl (C=O) groups is 1. The Morgan fingerprint density at radius 2 is 2.13 bits per heavy atom. The van der Waals surface area contributed by atoms with E-state index in [9.17, 15) is 9.18 Å². The van der Waals surface area contributed by atoms with E-state index in [0.717, 1.165) is 75.0 Å². The number of pyridine rings is 1. The standard InChI is InChI=1S/C30H40FN3O4/c1-36-30(35)28(26-19-22(31)11-13-25(26)27-9-3-5-18-38-27)34-16-14-24(20-34)37-17-4-2-8-23-12-10-21-7-6-15-32-29(21)33-23/h10-13,19,24,27-28H,2-9,14-18,20H2,1H3,(H,32,33)/t24-,27+,28?/m1/s1. The topological polar surface area (TPSA) is 72.9 Å². The van der Waals surface area contributed by atoms with Crippen LogP contribution in [0.15, 0.2) is 30.3 Å². The van der Waals surface area contributed by atoms with E-state index in [-0.39, 0.29) is 24.0 Å². The SMILES string of the molecule is COC(=O)C(c1cc(F)ccc1[C@@H]1CCCCO1)N1CC[C@@H](OCCCCc2ccc3c(n2)NCCC3)C1. The van der Waals surface area contributed by atoms with Crippen LogP contribution in [0.3, 0.4) is 0 Å². The van der Waals surface area contributed by atoms with E-state index < -0.39 is 6.04 Å². The van der Waals surface area contributed by atoms with Crippen LogP contribution in [0.4, 0.5) is 10.2 Å². The summed E-state index contributed by atoms with van der Waals surface area (Å²) in [5, 5.41) is 3.40. The van der Waals surface area contributed by atoms with E-state index in [0.29, 0.717) is 31.9 Å². The molecule has 3 atom stereocenters. The summed E-state index contributed by atoms with van der Waals surface area (Å²) in [6.45, 7) is 3.66. The highest BCUT2D eigenvalue weighted by Crippen LogP contribution is 2.37. The lowest BCUT2D eigenvalue weighted by Gasteiger charge is -2.31. The summed E-state index contributed by atoms with van der Waals surface area (Å²) in [5.41, 5.74) is 3.98. The van der Waals surface area contributed by atoms with Crippen LogP contribution in [0, 0.1) is 5.82 Å². The van der Waals surface area contributed by atoms with Gasteiger partial charge in [0.25, 0.3) is 0 Å². The van der Waals surface area contributed by atoms with Gasteiger partial charge in [-0.25, -0.2) is 14.2 Å². The second-order valence-electron chi connectivity index (χ2n) is 10.6. The lowest BCUT2D eigenvalue weighted by molar-refractivity contribution is -0.147. The van der Waals surface area contributed by atoms with Gasteiger partial charge >= 0.3 is 5.97 Å². The van der Waals surface area contributed by atoms with Crippen LogP contribution in [0.2, 0.25) is 0 Å². The Morgan fingerprint density at radius 3 is 2.97 bits per heavy atom. The number of halogens is 1. The number of carbonyl (C=O) groups excluding carboxylic acids is 1. The van der Waals surface area contributed by atoms with Gasteiger partial charge in [-0.05, 0) is 92.7 Å². The van der Waals surface area contributed by atoms with E-state index in [4.69, 9.17) is 19.2 Å². The predicted molar refractivity (Wildman–Crippen MR) is 144 cm³/mol. The molecule has 206 valence electrons. The molecule has 0 amide bonds. The molecule has 2 saturated heterocycles. The zero-order chi connectivity index (χ0) is 26.3. The third-order valence-electron chi connectivity index (χ3n) is 7.97. The maximum Gasteiger partial charge on any atom is 0.327 e. The molecule has 0 bridgehead atoms. The number of fused-ring (bicyclic) bond motifs is 1. The van der Waals surface area contributed by atoms with Crippen molar-refractivity contribution in [3.05, 3.63) is 58.5 Å². The first-order chi connectivity index (χ1) is 18.6. The Bertz CT molecular complexity index is 1090. The molecular formula is C30H40FN3O4. The van der Waals surface area contributed by atoms with Gasteiger partial charge in [-0.3, -0.25) is 4.90 Å². The number of esters is 1. The van der Waals surface area contributed by atoms with Gasteiger partial charge in [-0.15, -0.1) is 0 Å². The summed E-state index contributed by atoms with van der Waals surface area (Å²) in [5.74, 6) is 0.317. The minimum Gasteiger partial charge on any atom is -0.468 e. The maximum atomic E-state index is 14.4. The largest absolute Gasteiger partial charge is 0.468 e. The van der Waals surface area contributed by atoms with Gasteiger partial charge in [0.1, 0.15) is 17.7 Å². The number of aromatic nitrogens is 1. The van der Waals surface area contributed by atoms with Crippen molar-refractivity contribution in [3.8, 4) is 0 Å². The molecule has 1 aromatic heterocycles. The fourth-order valence-electron chi connectivity index (χ4n) is 5.94. The smallest absolute Gasteiger partial charge is 0.327 e. The summed E-state index contributed by atoms with van der Waals surface area (Å²) in [6, 6.07) is 8.38. The molecule has 1 aromatic carbocycles. The van der Waals surface area contributed by atoms with Crippen LogP contribution < -0.4 is 5.32 Å². The molecule has 3 aliphatic rings. The molecule has 2 fully saturated rings. The van der Waals surface area contributed by atoms with Gasteiger partial charge in [0.15, 0.2) is 0 Å². The third kappa shape index (κ3) is 6.53. The van der Waals surface area contributed by atoms with E-state index in [1.54, 1.807) is 6.07 Å². The molecular weight excluding hydrogens is 485 g/mol. The number of anilines is 1. The molecule has 8 heteroatoms. The first-order valence-electron chi connectivity index (χ1n) is 14.2. The van der Waals surface area contributed by atoms with Gasteiger partial charge in [0, 0.05) is 38.5 Å². The van der Waals surface area contributed by atoms with Crippen molar-refractivity contribution in [2.75, 3.05) is 45.3 Å². The van der Waals surface area contributed by atoms with E-state index in [1.807, 2.05) is 0 Å². The highest BCUT2D eigenvalue weighted by molar-refractivity contribution is 5.78. The molecule has 3 aliphatic heterocycles. The first-order valence-corrected chi connectivity index (χ1v) is 14.2. The number of rotatable bonds is 10. The van der Waals surface area contributed by atoms with Crippen LogP contribution >= 0.6 is 0 Å². The molecule has 0 saturated carbocycles. The summed E-state index contributed by atoms with van der Waals surface area (Å²) in [4.78, 5) is 19.8. The van der Waals surface area contributed by atoms with Crippen LogP contribution in [0.25, 0.3) is 0 Å². The van der Waals surface area contributed by atoms with Gasteiger partial charge in [-0.1, -0.05) is 12.1 Å². The Hall–Kier alpha value is -2.55. The van der Waals surface area contributed by atoms with Crippen LogP contribution in [0.5, 0.6) is 0 Å². The minimum absolute atomic E-state index is 0.0381. The summed E-state index contributed by atoms with van der Waals surface area (Å²) in [7, 11) is 1.39. The number of nitrogens with one attached hydrogen (secondary N) is 1. The van der Waals surface area contributed by atoms with Crippen LogP contribution in [-0.2, 0) is 31.8 Å². The normalized spacial score (nSPS) is 22.5. The number of aryl methyl sites for hydroxylation is 2. The molecule has 5 rings (SSSR count). The maximum absolute atomic E-state index is 14.4. The summed E-state index contributed by atoms with van der Waals surface area (Å²) in [6.07, 6.45) is 8.88. The summed E-state index contributed by atoms with van der Waals surface area (Å²) < 4.78 is 31.8. The quantitative estimate of drug-likeness (QED) is 0.340. The molecule has 38 heavy (non-hydrogen) atoms. The van der Waals surface area contributed by atoms with E-state index in [2.05, 4.69) is 22.3 Å². The molecule has 4 heterocycles. The van der Waals surface area contributed by atoms with Gasteiger partial charge in [0.2, 0.25) is 0 Å². The molecule has 0 radical (unpaired) electrons. The Kier molecular flexibility index (Phi) is 9.25. The second kappa shape index (κ2) is 13.0. The number of nitrogens with zero attached hydrogens (tertiary/aromatic N) is 2. The lowest BCUT2D eigenvalue weighted by atomic mass is 9.92. The monoisotopic (exact) mass is 525 g/mol. The Morgan fingerprint density at radius 1 is 1.21 bits per heavy atom. The number of methoxy groups -OCH3 is 1. The molecule has 7 nitrogen and oxygen atoms in total. The van der Waals surface area contributed by atoms with Crippen molar-refractivity contribution in [1.29, 1.82) is 0 Å². The highest BCUT2D eigenvalue weighted by atomic mass is 19.1. The first kappa shape index (κ1) is 27.0. The van der Waals surface area contributed by atoms with Crippen molar-refractivity contribution in [3.63, 3.8) is 0 Å². The highest BCUT2D eigenvalue weighted by Gasteiger charge is 2.37. The van der Waals surface area contributed by atoms with E-state index >= 15 is 0 Å². The van der Waals surface area contributed by atoms with Crippen LogP contribution in [0.1, 0.15) is 79.5 Å². The zero-order valence-corrected chi connectivity index (χ0v) is 22.4. The number of benzene rings is 1. The van der Waals surface area contributed by atoms with Gasteiger partial charge in [0.05, 0.1) is 19.3 Å². The second-order valence-corrected chi connectivity index (χ2v) is 10.6. The molecule has 2 aromatic rings.